The number of amides is 3. The molecule has 0 spiro atoms. The van der Waals surface area contributed by atoms with Gasteiger partial charge in [0.25, 0.3) is 11.8 Å². The summed E-state index contributed by atoms with van der Waals surface area (Å²) in [5.41, 5.74) is 6.05. The van der Waals surface area contributed by atoms with Crippen molar-refractivity contribution in [2.75, 3.05) is 33.3 Å². The Bertz CT molecular complexity index is 1520. The first-order valence-corrected chi connectivity index (χ1v) is 15.2. The molecule has 2 fully saturated rings. The maximum atomic E-state index is 12.9. The summed E-state index contributed by atoms with van der Waals surface area (Å²) in [6.45, 7) is 7.99. The zero-order valence-electron chi connectivity index (χ0n) is 26.6. The fourth-order valence-electron chi connectivity index (χ4n) is 5.04. The highest BCUT2D eigenvalue weighted by atomic mass is 16.6. The smallest absolute Gasteiger partial charge is 0.410 e. The Kier molecular flexibility index (Phi) is 9.62. The van der Waals surface area contributed by atoms with Gasteiger partial charge in [0.15, 0.2) is 11.5 Å². The highest BCUT2D eigenvalue weighted by Gasteiger charge is 2.28. The molecule has 240 valence electrons. The molecule has 0 unspecified atom stereocenters. The van der Waals surface area contributed by atoms with E-state index in [1.165, 1.54) is 0 Å². The van der Waals surface area contributed by atoms with Crippen molar-refractivity contribution < 1.29 is 28.6 Å². The number of piperazine rings is 1. The number of benzene rings is 2. The lowest BCUT2D eigenvalue weighted by atomic mass is 10.1. The van der Waals surface area contributed by atoms with Crippen molar-refractivity contribution >= 4 is 17.9 Å². The molecule has 2 aliphatic rings. The van der Waals surface area contributed by atoms with Crippen LogP contribution >= 0.6 is 0 Å². The van der Waals surface area contributed by atoms with Crippen LogP contribution in [0.25, 0.3) is 0 Å². The third kappa shape index (κ3) is 8.33. The van der Waals surface area contributed by atoms with Crippen molar-refractivity contribution in [1.82, 2.24) is 30.4 Å². The zero-order chi connectivity index (χ0) is 32.1. The quantitative estimate of drug-likeness (QED) is 0.349. The van der Waals surface area contributed by atoms with Crippen LogP contribution in [-0.4, -0.2) is 76.5 Å². The van der Waals surface area contributed by atoms with Crippen LogP contribution in [0, 0.1) is 0 Å². The Morgan fingerprint density at radius 2 is 1.69 bits per heavy atom. The summed E-state index contributed by atoms with van der Waals surface area (Å²) in [5.74, 6) is 1.15. The van der Waals surface area contributed by atoms with Crippen LogP contribution in [0.15, 0.2) is 48.5 Å². The lowest BCUT2D eigenvalue weighted by molar-refractivity contribution is 0.00974. The first-order valence-electron chi connectivity index (χ1n) is 15.2. The molecule has 2 N–H and O–H groups in total. The molecule has 3 amide bonds. The van der Waals surface area contributed by atoms with Gasteiger partial charge in [-0.15, -0.1) is 0 Å². The van der Waals surface area contributed by atoms with Crippen molar-refractivity contribution in [3.05, 3.63) is 76.6 Å². The lowest BCUT2D eigenvalue weighted by Gasteiger charge is -2.35. The van der Waals surface area contributed by atoms with Gasteiger partial charge in [-0.3, -0.25) is 19.7 Å². The number of ether oxygens (including phenoxy) is 3. The summed E-state index contributed by atoms with van der Waals surface area (Å²) in [7, 11) is 3.35. The molecule has 0 bridgehead atoms. The first-order chi connectivity index (χ1) is 21.5. The van der Waals surface area contributed by atoms with Gasteiger partial charge in [0.2, 0.25) is 0 Å². The number of aryl methyl sites for hydroxylation is 1. The summed E-state index contributed by atoms with van der Waals surface area (Å²) < 4.78 is 18.8. The van der Waals surface area contributed by atoms with Crippen molar-refractivity contribution in [1.29, 1.82) is 0 Å². The highest BCUT2D eigenvalue weighted by molar-refractivity contribution is 5.94. The second kappa shape index (κ2) is 13.6. The van der Waals surface area contributed by atoms with Crippen LogP contribution in [0.3, 0.4) is 0 Å². The largest absolute Gasteiger partial charge is 0.493 e. The number of methoxy groups -OCH3 is 1. The van der Waals surface area contributed by atoms with E-state index in [4.69, 9.17) is 14.2 Å². The number of carbonyl (C=O) groups is 3. The van der Waals surface area contributed by atoms with E-state index >= 15 is 0 Å². The molecule has 1 aromatic heterocycles. The molecule has 2 aromatic carbocycles. The standard InChI is InChI=1S/C33H42N6O6/c1-33(2,3)45-32(42)38-15-17-39(18-16-38)36-30(40)24-11-9-22(10-12-24)21-44-28-8-6-7-25(29(28)43-5)20-34-31(41)27-19-26(23-13-14-23)35-37(27)4/h6-12,19,23H,13-18,20-21H2,1-5H3,(H,34,41)(H,36,40). The third-order valence-electron chi connectivity index (χ3n) is 7.63. The summed E-state index contributed by atoms with van der Waals surface area (Å²) in [5, 5.41) is 9.25. The minimum absolute atomic E-state index is 0.197. The van der Waals surface area contributed by atoms with Gasteiger partial charge < -0.3 is 24.4 Å². The average Bonchev–Trinajstić information content (AvgIpc) is 3.79. The fraction of sp³-hybridized carbons (Fsp3) is 0.455. The molecule has 45 heavy (non-hydrogen) atoms. The molecular formula is C33H42N6O6. The fourth-order valence-corrected chi connectivity index (χ4v) is 5.04. The first kappa shape index (κ1) is 31.8. The minimum atomic E-state index is -0.546. The topological polar surface area (TPSA) is 127 Å². The number of nitrogens with one attached hydrogen (secondary N) is 2. The summed E-state index contributed by atoms with van der Waals surface area (Å²) >= 11 is 0. The Morgan fingerprint density at radius 1 is 0.978 bits per heavy atom. The van der Waals surface area contributed by atoms with Crippen molar-refractivity contribution in [3.63, 3.8) is 0 Å². The molecule has 1 saturated carbocycles. The second-order valence-electron chi connectivity index (χ2n) is 12.4. The number of hydrogen-bond donors (Lipinski definition) is 2. The molecule has 2 heterocycles. The van der Waals surface area contributed by atoms with Gasteiger partial charge in [-0.2, -0.15) is 5.10 Å². The monoisotopic (exact) mass is 618 g/mol. The molecule has 1 saturated heterocycles. The van der Waals surface area contributed by atoms with Gasteiger partial charge in [-0.05, 0) is 63.4 Å². The number of hydrazine groups is 1. The maximum Gasteiger partial charge on any atom is 0.410 e. The predicted octanol–water partition coefficient (Wildman–Crippen LogP) is 4.01. The SMILES string of the molecule is COc1c(CNC(=O)c2cc(C3CC3)nn2C)cccc1OCc1ccc(C(=O)NN2CCN(C(=O)OC(C)(C)C)CC2)cc1. The van der Waals surface area contributed by atoms with E-state index in [0.717, 1.165) is 29.7 Å². The molecular weight excluding hydrogens is 576 g/mol. The Morgan fingerprint density at radius 3 is 2.33 bits per heavy atom. The highest BCUT2D eigenvalue weighted by Crippen LogP contribution is 2.39. The number of hydrogen-bond acceptors (Lipinski definition) is 8. The lowest BCUT2D eigenvalue weighted by Crippen LogP contribution is -2.55. The van der Waals surface area contributed by atoms with Gasteiger partial charge in [0, 0.05) is 56.8 Å². The Balaban J connectivity index is 1.11. The van der Waals surface area contributed by atoms with Crippen LogP contribution in [-0.2, 0) is 24.9 Å². The second-order valence-corrected chi connectivity index (χ2v) is 12.4. The number of carbonyl (C=O) groups excluding carboxylic acids is 3. The van der Waals surface area contributed by atoms with E-state index in [1.807, 2.05) is 62.2 Å². The van der Waals surface area contributed by atoms with Crippen molar-refractivity contribution in [3.8, 4) is 11.5 Å². The molecule has 0 radical (unpaired) electrons. The van der Waals surface area contributed by atoms with E-state index in [-0.39, 0.29) is 31.1 Å². The summed E-state index contributed by atoms with van der Waals surface area (Å²) in [6.07, 6.45) is 1.91. The number of nitrogens with zero attached hydrogens (tertiary/aromatic N) is 4. The van der Waals surface area contributed by atoms with Crippen molar-refractivity contribution in [2.24, 2.45) is 7.05 Å². The van der Waals surface area contributed by atoms with Crippen LogP contribution < -0.4 is 20.2 Å². The number of aromatic nitrogens is 2. The van der Waals surface area contributed by atoms with E-state index in [1.54, 1.807) is 35.9 Å². The molecule has 1 aliphatic carbocycles. The van der Waals surface area contributed by atoms with Gasteiger partial charge in [-0.1, -0.05) is 24.3 Å². The van der Waals surface area contributed by atoms with Crippen LogP contribution in [0.1, 0.15) is 77.2 Å². The Labute approximate surface area is 263 Å². The predicted molar refractivity (Wildman–Crippen MR) is 167 cm³/mol. The molecule has 1 aliphatic heterocycles. The van der Waals surface area contributed by atoms with Gasteiger partial charge in [-0.25, -0.2) is 9.80 Å². The minimum Gasteiger partial charge on any atom is -0.493 e. The maximum absolute atomic E-state index is 12.9. The average molecular weight is 619 g/mol. The molecule has 12 nitrogen and oxygen atoms in total. The number of para-hydroxylation sites is 1. The molecule has 12 heteroatoms. The molecule has 5 rings (SSSR count). The number of rotatable bonds is 10. The van der Waals surface area contributed by atoms with E-state index < -0.39 is 5.60 Å². The van der Waals surface area contributed by atoms with Crippen LogP contribution in [0.5, 0.6) is 11.5 Å². The zero-order valence-corrected chi connectivity index (χ0v) is 26.6. The van der Waals surface area contributed by atoms with Crippen LogP contribution in [0.4, 0.5) is 4.79 Å². The van der Waals surface area contributed by atoms with E-state index in [2.05, 4.69) is 15.8 Å². The van der Waals surface area contributed by atoms with Gasteiger partial charge in [0.1, 0.15) is 17.9 Å². The van der Waals surface area contributed by atoms with Crippen LogP contribution in [0.2, 0.25) is 0 Å². The summed E-state index contributed by atoms with van der Waals surface area (Å²) in [4.78, 5) is 39.6. The van der Waals surface area contributed by atoms with Gasteiger partial charge >= 0.3 is 6.09 Å². The Hall–Kier alpha value is -4.58. The third-order valence-corrected chi connectivity index (χ3v) is 7.63. The van der Waals surface area contributed by atoms with E-state index in [9.17, 15) is 14.4 Å². The summed E-state index contributed by atoms with van der Waals surface area (Å²) in [6, 6.07) is 14.6. The molecule has 3 aromatic rings. The van der Waals surface area contributed by atoms with Crippen molar-refractivity contribution in [2.45, 2.75) is 58.3 Å². The van der Waals surface area contributed by atoms with E-state index in [0.29, 0.717) is 54.9 Å². The van der Waals surface area contributed by atoms with Gasteiger partial charge in [0.05, 0.1) is 12.8 Å². The normalized spacial score (nSPS) is 15.4. The molecule has 0 atom stereocenters.